The Morgan fingerprint density at radius 3 is 2.45 bits per heavy atom. The quantitative estimate of drug-likeness (QED) is 0.748. The Hall–Kier alpha value is -0.700. The Kier molecular flexibility index (Phi) is 3.15. The van der Waals surface area contributed by atoms with Gasteiger partial charge in [-0.15, -0.1) is 0 Å². The Morgan fingerprint density at radius 1 is 0.955 bits per heavy atom. The first kappa shape index (κ1) is 14.9. The van der Waals surface area contributed by atoms with Crippen LogP contribution in [0.2, 0.25) is 0 Å². The second-order valence-electron chi connectivity index (χ2n) is 8.99. The average molecular weight is 304 g/mol. The van der Waals surface area contributed by atoms with E-state index < -0.39 is 0 Å². The SMILES string of the molecule is C[C@]12CCC(=O)CC1C(=O)C[C@@H]1[C@@H]2CC[C@]2(C)C(O)CC[C@@H]12. The smallest absolute Gasteiger partial charge is 0.137 e. The standard InChI is InChI=1S/C19H28O3/c1-18-7-5-11(20)9-15(18)16(21)10-12-13-3-4-17(22)19(13,2)8-6-14(12)18/h12-15,17,22H,3-10H2,1-2H3/t12-,13-,14-,15?,17?,18+,19-/m0/s1. The van der Waals surface area contributed by atoms with Crippen molar-refractivity contribution in [1.82, 2.24) is 0 Å². The number of rotatable bonds is 0. The number of carbonyl (C=O) groups is 2. The number of aliphatic hydroxyl groups excluding tert-OH is 1. The molecule has 0 spiro atoms. The average Bonchev–Trinajstić information content (AvgIpc) is 2.77. The Labute approximate surface area is 132 Å². The van der Waals surface area contributed by atoms with E-state index in [0.717, 1.165) is 32.1 Å². The molecule has 0 aliphatic heterocycles. The van der Waals surface area contributed by atoms with Crippen LogP contribution in [0.4, 0.5) is 0 Å². The van der Waals surface area contributed by atoms with E-state index in [1.165, 1.54) is 0 Å². The van der Waals surface area contributed by atoms with Gasteiger partial charge in [-0.05, 0) is 60.7 Å². The summed E-state index contributed by atoms with van der Waals surface area (Å²) in [5.41, 5.74) is 0.0535. The summed E-state index contributed by atoms with van der Waals surface area (Å²) in [6.07, 6.45) is 6.71. The van der Waals surface area contributed by atoms with E-state index >= 15 is 0 Å². The Morgan fingerprint density at radius 2 is 1.68 bits per heavy atom. The molecule has 0 saturated heterocycles. The molecule has 0 bridgehead atoms. The lowest BCUT2D eigenvalue weighted by Crippen LogP contribution is -2.57. The zero-order valence-corrected chi connectivity index (χ0v) is 13.8. The molecule has 2 unspecified atom stereocenters. The first-order valence-corrected chi connectivity index (χ1v) is 9.09. The third-order valence-electron chi connectivity index (χ3n) is 8.23. The number of hydrogen-bond donors (Lipinski definition) is 1. The lowest BCUT2D eigenvalue weighted by molar-refractivity contribution is -0.160. The maximum atomic E-state index is 12.8. The van der Waals surface area contributed by atoms with E-state index in [1.807, 2.05) is 0 Å². The molecule has 0 radical (unpaired) electrons. The summed E-state index contributed by atoms with van der Waals surface area (Å²) < 4.78 is 0. The third-order valence-corrected chi connectivity index (χ3v) is 8.23. The van der Waals surface area contributed by atoms with Crippen molar-refractivity contribution >= 4 is 11.6 Å². The number of hydrogen-bond acceptors (Lipinski definition) is 3. The number of aliphatic hydroxyl groups is 1. The summed E-state index contributed by atoms with van der Waals surface area (Å²) >= 11 is 0. The van der Waals surface area contributed by atoms with Crippen LogP contribution in [0.1, 0.15) is 65.2 Å². The van der Waals surface area contributed by atoms with Crippen molar-refractivity contribution in [2.45, 2.75) is 71.3 Å². The molecular weight excluding hydrogens is 276 g/mol. The summed E-state index contributed by atoms with van der Waals surface area (Å²) in [6, 6.07) is 0. The molecule has 22 heavy (non-hydrogen) atoms. The van der Waals surface area contributed by atoms with E-state index in [-0.39, 0.29) is 28.6 Å². The highest BCUT2D eigenvalue weighted by molar-refractivity contribution is 5.90. The van der Waals surface area contributed by atoms with Crippen LogP contribution in [-0.2, 0) is 9.59 Å². The largest absolute Gasteiger partial charge is 0.393 e. The molecule has 3 nitrogen and oxygen atoms in total. The van der Waals surface area contributed by atoms with Gasteiger partial charge in [0.2, 0.25) is 0 Å². The Balaban J connectivity index is 1.69. The highest BCUT2D eigenvalue weighted by Gasteiger charge is 2.62. The molecule has 4 saturated carbocycles. The summed E-state index contributed by atoms with van der Waals surface area (Å²) in [5.74, 6) is 2.12. The van der Waals surface area contributed by atoms with Gasteiger partial charge in [-0.2, -0.15) is 0 Å². The van der Waals surface area contributed by atoms with Gasteiger partial charge in [0.05, 0.1) is 6.10 Å². The molecule has 0 aromatic heterocycles. The van der Waals surface area contributed by atoms with Crippen LogP contribution in [0.15, 0.2) is 0 Å². The van der Waals surface area contributed by atoms with Crippen molar-refractivity contribution in [2.24, 2.45) is 34.5 Å². The monoisotopic (exact) mass is 304 g/mol. The molecule has 0 heterocycles. The second-order valence-corrected chi connectivity index (χ2v) is 8.99. The van der Waals surface area contributed by atoms with Gasteiger partial charge in [-0.1, -0.05) is 13.8 Å². The van der Waals surface area contributed by atoms with Crippen LogP contribution in [0, 0.1) is 34.5 Å². The fourth-order valence-corrected chi connectivity index (χ4v) is 6.81. The fourth-order valence-electron chi connectivity index (χ4n) is 6.81. The first-order valence-electron chi connectivity index (χ1n) is 9.09. The summed E-state index contributed by atoms with van der Waals surface area (Å²) in [7, 11) is 0. The molecule has 4 fully saturated rings. The van der Waals surface area contributed by atoms with Crippen molar-refractivity contribution in [3.8, 4) is 0 Å². The molecule has 4 rings (SSSR count). The second kappa shape index (κ2) is 4.66. The lowest BCUT2D eigenvalue weighted by atomic mass is 9.45. The molecule has 4 aliphatic rings. The van der Waals surface area contributed by atoms with Gasteiger partial charge in [0.25, 0.3) is 0 Å². The Bertz CT molecular complexity index is 527. The van der Waals surface area contributed by atoms with Crippen molar-refractivity contribution in [2.75, 3.05) is 0 Å². The van der Waals surface area contributed by atoms with Gasteiger partial charge in [-0.3, -0.25) is 9.59 Å². The normalized spacial score (nSPS) is 54.6. The first-order chi connectivity index (χ1) is 10.4. The third kappa shape index (κ3) is 1.78. The fraction of sp³-hybridized carbons (Fsp3) is 0.895. The van der Waals surface area contributed by atoms with E-state index in [1.54, 1.807) is 0 Å². The van der Waals surface area contributed by atoms with Crippen molar-refractivity contribution in [3.63, 3.8) is 0 Å². The minimum absolute atomic E-state index is 0.0225. The van der Waals surface area contributed by atoms with E-state index in [0.29, 0.717) is 42.8 Å². The molecular formula is C19H28O3. The van der Waals surface area contributed by atoms with Crippen LogP contribution in [0.25, 0.3) is 0 Å². The number of Topliss-reactive ketones (excluding diaryl/α,β-unsaturated/α-hetero) is 2. The predicted molar refractivity (Wildman–Crippen MR) is 83.1 cm³/mol. The lowest BCUT2D eigenvalue weighted by Gasteiger charge is -2.59. The molecule has 1 N–H and O–H groups in total. The minimum atomic E-state index is -0.188. The molecule has 7 atom stereocenters. The van der Waals surface area contributed by atoms with Gasteiger partial charge in [0, 0.05) is 25.2 Å². The van der Waals surface area contributed by atoms with Crippen LogP contribution in [-0.4, -0.2) is 22.8 Å². The summed E-state index contributed by atoms with van der Waals surface area (Å²) in [4.78, 5) is 24.7. The van der Waals surface area contributed by atoms with E-state index in [2.05, 4.69) is 13.8 Å². The predicted octanol–water partition coefficient (Wildman–Crippen LogP) is 3.14. The molecule has 4 aliphatic carbocycles. The van der Waals surface area contributed by atoms with E-state index in [9.17, 15) is 14.7 Å². The number of ketones is 2. The summed E-state index contributed by atoms with van der Waals surface area (Å²) in [5, 5.41) is 10.4. The van der Waals surface area contributed by atoms with Crippen LogP contribution < -0.4 is 0 Å². The minimum Gasteiger partial charge on any atom is -0.393 e. The van der Waals surface area contributed by atoms with Crippen molar-refractivity contribution in [1.29, 1.82) is 0 Å². The highest BCUT2D eigenvalue weighted by Crippen LogP contribution is 2.65. The number of fused-ring (bicyclic) bond motifs is 5. The van der Waals surface area contributed by atoms with Crippen molar-refractivity contribution < 1.29 is 14.7 Å². The maximum Gasteiger partial charge on any atom is 0.137 e. The van der Waals surface area contributed by atoms with Gasteiger partial charge in [0.15, 0.2) is 0 Å². The molecule has 0 amide bonds. The highest BCUT2D eigenvalue weighted by atomic mass is 16.3. The maximum absolute atomic E-state index is 12.8. The molecule has 0 aromatic carbocycles. The number of carbonyl (C=O) groups excluding carboxylic acids is 2. The van der Waals surface area contributed by atoms with Crippen LogP contribution in [0.3, 0.4) is 0 Å². The van der Waals surface area contributed by atoms with Gasteiger partial charge in [0.1, 0.15) is 11.6 Å². The zero-order valence-electron chi connectivity index (χ0n) is 13.8. The zero-order chi connectivity index (χ0) is 15.7. The van der Waals surface area contributed by atoms with Gasteiger partial charge >= 0.3 is 0 Å². The molecule has 3 heteroatoms. The van der Waals surface area contributed by atoms with E-state index in [4.69, 9.17) is 0 Å². The topological polar surface area (TPSA) is 54.4 Å². The van der Waals surface area contributed by atoms with Crippen molar-refractivity contribution in [3.05, 3.63) is 0 Å². The van der Waals surface area contributed by atoms with Crippen LogP contribution in [0.5, 0.6) is 0 Å². The van der Waals surface area contributed by atoms with Crippen LogP contribution >= 0.6 is 0 Å². The van der Waals surface area contributed by atoms with Gasteiger partial charge in [-0.25, -0.2) is 0 Å². The summed E-state index contributed by atoms with van der Waals surface area (Å²) in [6.45, 7) is 4.53. The molecule has 122 valence electrons. The van der Waals surface area contributed by atoms with Gasteiger partial charge < -0.3 is 5.11 Å². The molecule has 0 aromatic rings.